The van der Waals surface area contributed by atoms with Crippen LogP contribution in [-0.2, 0) is 4.79 Å². The van der Waals surface area contributed by atoms with Crippen molar-refractivity contribution in [1.29, 1.82) is 0 Å². The number of hydrogen-bond acceptors (Lipinski definition) is 3. The Kier molecular flexibility index (Phi) is 6.58. The summed E-state index contributed by atoms with van der Waals surface area (Å²) in [6, 6.07) is 9.67. The first-order valence-electron chi connectivity index (χ1n) is 5.99. The van der Waals surface area contributed by atoms with Crippen LogP contribution >= 0.6 is 0 Å². The van der Waals surface area contributed by atoms with Crippen molar-refractivity contribution in [2.24, 2.45) is 0 Å². The number of benzene rings is 1. The number of hydrogen-bond donors (Lipinski definition) is 2. The fourth-order valence-electron chi connectivity index (χ4n) is 1.32. The van der Waals surface area contributed by atoms with Gasteiger partial charge in [-0.1, -0.05) is 24.3 Å². The first-order valence-corrected chi connectivity index (χ1v) is 5.99. The van der Waals surface area contributed by atoms with E-state index in [2.05, 4.69) is 5.32 Å². The lowest BCUT2D eigenvalue weighted by molar-refractivity contribution is -0.132. The highest BCUT2D eigenvalue weighted by Gasteiger charge is 1.97. The van der Waals surface area contributed by atoms with E-state index in [0.29, 0.717) is 18.7 Å². The Bertz CT molecular complexity index is 387. The summed E-state index contributed by atoms with van der Waals surface area (Å²) in [6.45, 7) is 3.61. The minimum atomic E-state index is -0.871. The van der Waals surface area contributed by atoms with Crippen LogP contribution < -0.4 is 10.1 Å². The van der Waals surface area contributed by atoms with Gasteiger partial charge in [-0.25, -0.2) is 4.79 Å². The van der Waals surface area contributed by atoms with Gasteiger partial charge in [0.25, 0.3) is 0 Å². The van der Waals surface area contributed by atoms with E-state index in [1.54, 1.807) is 13.0 Å². The Labute approximate surface area is 107 Å². The molecule has 1 rings (SSSR count). The van der Waals surface area contributed by atoms with E-state index < -0.39 is 5.97 Å². The SMILES string of the molecule is C/C(=C/CNCCCOc1ccccc1)C(=O)O. The van der Waals surface area contributed by atoms with E-state index >= 15 is 0 Å². The van der Waals surface area contributed by atoms with Gasteiger partial charge >= 0.3 is 5.97 Å². The van der Waals surface area contributed by atoms with Crippen LogP contribution in [0, 0.1) is 0 Å². The summed E-state index contributed by atoms with van der Waals surface area (Å²) in [5, 5.41) is 11.8. The second kappa shape index (κ2) is 8.31. The topological polar surface area (TPSA) is 58.6 Å². The summed E-state index contributed by atoms with van der Waals surface area (Å²) in [7, 11) is 0. The molecule has 4 nitrogen and oxygen atoms in total. The molecule has 0 aliphatic rings. The Morgan fingerprint density at radius 1 is 1.39 bits per heavy atom. The van der Waals surface area contributed by atoms with Crippen LogP contribution in [0.1, 0.15) is 13.3 Å². The van der Waals surface area contributed by atoms with Gasteiger partial charge in [-0.15, -0.1) is 0 Å². The molecule has 0 atom stereocenters. The van der Waals surface area contributed by atoms with Crippen molar-refractivity contribution in [3.05, 3.63) is 42.0 Å². The summed E-state index contributed by atoms with van der Waals surface area (Å²) in [6.07, 6.45) is 2.55. The van der Waals surface area contributed by atoms with Gasteiger partial charge in [0.15, 0.2) is 0 Å². The lowest BCUT2D eigenvalue weighted by Crippen LogP contribution is -2.18. The largest absolute Gasteiger partial charge is 0.494 e. The van der Waals surface area contributed by atoms with Crippen molar-refractivity contribution in [3.63, 3.8) is 0 Å². The normalized spacial score (nSPS) is 11.3. The average molecular weight is 249 g/mol. The maximum Gasteiger partial charge on any atom is 0.330 e. The average Bonchev–Trinajstić information content (AvgIpc) is 2.38. The molecule has 0 saturated carbocycles. The third kappa shape index (κ3) is 6.06. The molecule has 0 aliphatic heterocycles. The van der Waals surface area contributed by atoms with Gasteiger partial charge < -0.3 is 15.2 Å². The third-order valence-corrected chi connectivity index (χ3v) is 2.40. The fourth-order valence-corrected chi connectivity index (χ4v) is 1.32. The van der Waals surface area contributed by atoms with Gasteiger partial charge in [0.2, 0.25) is 0 Å². The van der Waals surface area contributed by atoms with Crippen LogP contribution in [0.25, 0.3) is 0 Å². The highest BCUT2D eigenvalue weighted by atomic mass is 16.5. The number of aliphatic carboxylic acids is 1. The van der Waals surface area contributed by atoms with Gasteiger partial charge in [-0.2, -0.15) is 0 Å². The molecule has 1 aromatic rings. The highest BCUT2D eigenvalue weighted by Crippen LogP contribution is 2.07. The second-order valence-corrected chi connectivity index (χ2v) is 3.91. The van der Waals surface area contributed by atoms with E-state index in [1.165, 1.54) is 0 Å². The first kappa shape index (κ1) is 14.3. The van der Waals surface area contributed by atoms with Crippen molar-refractivity contribution in [1.82, 2.24) is 5.32 Å². The predicted molar refractivity (Wildman–Crippen MR) is 70.8 cm³/mol. The fraction of sp³-hybridized carbons (Fsp3) is 0.357. The molecule has 0 saturated heterocycles. The van der Waals surface area contributed by atoms with E-state index in [4.69, 9.17) is 9.84 Å². The number of para-hydroxylation sites is 1. The Balaban J connectivity index is 2.03. The van der Waals surface area contributed by atoms with Gasteiger partial charge in [0, 0.05) is 12.1 Å². The number of carboxylic acid groups (broad SMARTS) is 1. The molecule has 18 heavy (non-hydrogen) atoms. The molecular weight excluding hydrogens is 230 g/mol. The number of ether oxygens (including phenoxy) is 1. The Morgan fingerprint density at radius 2 is 2.11 bits per heavy atom. The number of nitrogens with one attached hydrogen (secondary N) is 1. The van der Waals surface area contributed by atoms with E-state index in [1.807, 2.05) is 30.3 Å². The molecule has 0 bridgehead atoms. The maximum atomic E-state index is 10.5. The standard InChI is InChI=1S/C14H19NO3/c1-12(14(16)17)8-10-15-9-5-11-18-13-6-3-2-4-7-13/h2-4,6-8,15H,5,9-11H2,1H3,(H,16,17)/b12-8-. The first-order chi connectivity index (χ1) is 8.70. The van der Waals surface area contributed by atoms with Crippen molar-refractivity contribution in [2.75, 3.05) is 19.7 Å². The van der Waals surface area contributed by atoms with Gasteiger partial charge in [0.05, 0.1) is 6.61 Å². The van der Waals surface area contributed by atoms with Crippen LogP contribution in [0.4, 0.5) is 0 Å². The van der Waals surface area contributed by atoms with Gasteiger partial charge in [0.1, 0.15) is 5.75 Å². The van der Waals surface area contributed by atoms with Gasteiger partial charge in [-0.3, -0.25) is 0 Å². The lowest BCUT2D eigenvalue weighted by Gasteiger charge is -2.06. The quantitative estimate of drug-likeness (QED) is 0.547. The molecule has 0 fully saturated rings. The van der Waals surface area contributed by atoms with E-state index in [0.717, 1.165) is 18.7 Å². The van der Waals surface area contributed by atoms with Crippen LogP contribution in [0.3, 0.4) is 0 Å². The van der Waals surface area contributed by atoms with Crippen LogP contribution in [-0.4, -0.2) is 30.8 Å². The molecule has 4 heteroatoms. The summed E-state index contributed by atoms with van der Waals surface area (Å²) in [5.74, 6) is 0.00308. The summed E-state index contributed by atoms with van der Waals surface area (Å²) < 4.78 is 5.52. The molecule has 98 valence electrons. The number of rotatable bonds is 8. The van der Waals surface area contributed by atoms with E-state index in [-0.39, 0.29) is 0 Å². The summed E-state index contributed by atoms with van der Waals surface area (Å²) >= 11 is 0. The van der Waals surface area contributed by atoms with Crippen LogP contribution in [0.2, 0.25) is 0 Å². The highest BCUT2D eigenvalue weighted by molar-refractivity contribution is 5.85. The summed E-state index contributed by atoms with van der Waals surface area (Å²) in [5.41, 5.74) is 0.364. The van der Waals surface area contributed by atoms with Crippen molar-refractivity contribution in [2.45, 2.75) is 13.3 Å². The zero-order valence-electron chi connectivity index (χ0n) is 10.6. The maximum absolute atomic E-state index is 10.5. The monoisotopic (exact) mass is 249 g/mol. The molecule has 0 heterocycles. The van der Waals surface area contributed by atoms with Crippen LogP contribution in [0.15, 0.2) is 42.0 Å². The van der Waals surface area contributed by atoms with E-state index in [9.17, 15) is 4.79 Å². The number of carbonyl (C=O) groups is 1. The molecule has 0 spiro atoms. The Morgan fingerprint density at radius 3 is 2.78 bits per heavy atom. The molecule has 0 radical (unpaired) electrons. The Hall–Kier alpha value is -1.81. The van der Waals surface area contributed by atoms with Crippen molar-refractivity contribution < 1.29 is 14.6 Å². The smallest absolute Gasteiger partial charge is 0.330 e. The molecular formula is C14H19NO3. The molecule has 0 unspecified atom stereocenters. The minimum absolute atomic E-state index is 0.364. The molecule has 1 aromatic carbocycles. The third-order valence-electron chi connectivity index (χ3n) is 2.40. The molecule has 0 aliphatic carbocycles. The molecule has 0 aromatic heterocycles. The van der Waals surface area contributed by atoms with Crippen molar-refractivity contribution >= 4 is 5.97 Å². The molecule has 2 N–H and O–H groups in total. The lowest BCUT2D eigenvalue weighted by atomic mass is 10.3. The van der Waals surface area contributed by atoms with Gasteiger partial charge in [-0.05, 0) is 32.0 Å². The zero-order chi connectivity index (χ0) is 13.2. The predicted octanol–water partition coefficient (Wildman–Crippen LogP) is 2.08. The minimum Gasteiger partial charge on any atom is -0.494 e. The van der Waals surface area contributed by atoms with Crippen molar-refractivity contribution in [3.8, 4) is 5.75 Å². The zero-order valence-corrected chi connectivity index (χ0v) is 10.6. The summed E-state index contributed by atoms with van der Waals surface area (Å²) in [4.78, 5) is 10.5. The van der Waals surface area contributed by atoms with Crippen LogP contribution in [0.5, 0.6) is 5.75 Å². The second-order valence-electron chi connectivity index (χ2n) is 3.91. The number of carboxylic acids is 1. The molecule has 0 amide bonds.